The largest absolute Gasteiger partial charge is 0.513 e. The number of nitrogens with one attached hydrogen (secondary N) is 3. The summed E-state index contributed by atoms with van der Waals surface area (Å²) in [4.78, 5) is 29.3. The van der Waals surface area contributed by atoms with E-state index in [1.165, 1.54) is 5.57 Å². The van der Waals surface area contributed by atoms with Crippen molar-refractivity contribution in [2.45, 2.75) is 131 Å². The summed E-state index contributed by atoms with van der Waals surface area (Å²) in [6, 6.07) is -0.653. The molecule has 4 N–H and O–H groups in total. The number of nitrogens with zero attached hydrogens (tertiary/aromatic N) is 1. The number of hydrogen-bond donors (Lipinski definition) is 4. The summed E-state index contributed by atoms with van der Waals surface area (Å²) in [5.74, 6) is 1.69. The van der Waals surface area contributed by atoms with Crippen LogP contribution in [0.2, 0.25) is 0 Å². The molecular weight excluding hydrogens is 512 g/mol. The maximum absolute atomic E-state index is 14.0. The van der Waals surface area contributed by atoms with E-state index < -0.39 is 0 Å². The van der Waals surface area contributed by atoms with Gasteiger partial charge >= 0.3 is 6.03 Å². The van der Waals surface area contributed by atoms with Gasteiger partial charge in [-0.05, 0) is 54.3 Å². The van der Waals surface area contributed by atoms with Gasteiger partial charge in [0, 0.05) is 43.2 Å². The molecular formula is C34H60N4O3. The molecule has 2 rings (SSSR count). The van der Waals surface area contributed by atoms with Crippen molar-refractivity contribution in [3.63, 3.8) is 0 Å². The van der Waals surface area contributed by atoms with Crippen molar-refractivity contribution >= 4 is 11.9 Å². The van der Waals surface area contributed by atoms with Crippen molar-refractivity contribution in [3.05, 3.63) is 36.8 Å². The third-order valence-electron chi connectivity index (χ3n) is 9.92. The van der Waals surface area contributed by atoms with Gasteiger partial charge in [-0.3, -0.25) is 4.79 Å². The third-order valence-corrected chi connectivity index (χ3v) is 9.92. The molecule has 7 atom stereocenters. The second kappa shape index (κ2) is 14.2. The predicted octanol–water partition coefficient (Wildman–Crippen LogP) is 7.08. The van der Waals surface area contributed by atoms with E-state index in [1.807, 2.05) is 4.90 Å². The molecule has 1 aliphatic carbocycles. The SMILES string of the molecule is C=C(O)CCC(NC(=O)NC(CC(=O)N1C[C@@H]2C(C)[C@@H]2C1C(=C)NC(CCC)C(=C)CC)C(C)(C)CC)C(C)(C)C. The Labute approximate surface area is 250 Å². The number of carbonyl (C=O) groups excluding carboxylic acids is 2. The van der Waals surface area contributed by atoms with Crippen molar-refractivity contribution in [2.75, 3.05) is 6.54 Å². The number of aliphatic hydroxyl groups excluding tert-OH is 1. The Morgan fingerprint density at radius 2 is 1.59 bits per heavy atom. The molecule has 7 heteroatoms. The van der Waals surface area contributed by atoms with Gasteiger partial charge in [0.2, 0.25) is 5.91 Å². The maximum atomic E-state index is 14.0. The summed E-state index contributed by atoms with van der Waals surface area (Å²) in [6.07, 6.45) is 5.00. The summed E-state index contributed by atoms with van der Waals surface area (Å²) in [5, 5.41) is 19.6. The summed E-state index contributed by atoms with van der Waals surface area (Å²) >= 11 is 0. The van der Waals surface area contributed by atoms with Crippen molar-refractivity contribution in [1.82, 2.24) is 20.9 Å². The van der Waals surface area contributed by atoms with Gasteiger partial charge in [0.1, 0.15) is 0 Å². The molecule has 1 aliphatic heterocycles. The van der Waals surface area contributed by atoms with Crippen molar-refractivity contribution in [3.8, 4) is 0 Å². The summed E-state index contributed by atoms with van der Waals surface area (Å²) < 4.78 is 0. The van der Waals surface area contributed by atoms with E-state index in [0.29, 0.717) is 30.6 Å². The first-order chi connectivity index (χ1) is 19.0. The Morgan fingerprint density at radius 3 is 2.10 bits per heavy atom. The van der Waals surface area contributed by atoms with Crippen LogP contribution in [0.3, 0.4) is 0 Å². The third kappa shape index (κ3) is 9.02. The molecule has 2 fully saturated rings. The number of likely N-dealkylation sites (tertiary alicyclic amines) is 1. The van der Waals surface area contributed by atoms with E-state index in [-0.39, 0.29) is 59.1 Å². The highest BCUT2D eigenvalue weighted by molar-refractivity contribution is 5.80. The minimum Gasteiger partial charge on any atom is -0.513 e. The predicted molar refractivity (Wildman–Crippen MR) is 170 cm³/mol. The van der Waals surface area contributed by atoms with Crippen LogP contribution >= 0.6 is 0 Å². The topological polar surface area (TPSA) is 93.7 Å². The van der Waals surface area contributed by atoms with Crippen LogP contribution in [-0.2, 0) is 4.79 Å². The van der Waals surface area contributed by atoms with Crippen LogP contribution < -0.4 is 16.0 Å². The molecule has 41 heavy (non-hydrogen) atoms. The Kier molecular flexibility index (Phi) is 12.0. The van der Waals surface area contributed by atoms with Crippen LogP contribution in [0.15, 0.2) is 36.8 Å². The van der Waals surface area contributed by atoms with Crippen LogP contribution in [0.25, 0.3) is 0 Å². The van der Waals surface area contributed by atoms with E-state index in [1.54, 1.807) is 0 Å². The van der Waals surface area contributed by atoms with E-state index in [4.69, 9.17) is 0 Å². The number of hydrogen-bond acceptors (Lipinski definition) is 4. The molecule has 7 nitrogen and oxygen atoms in total. The van der Waals surface area contributed by atoms with Gasteiger partial charge in [-0.25, -0.2) is 4.79 Å². The average molecular weight is 573 g/mol. The van der Waals surface area contributed by atoms with E-state index in [9.17, 15) is 14.7 Å². The molecule has 3 amide bonds. The molecule has 5 unspecified atom stereocenters. The smallest absolute Gasteiger partial charge is 0.315 e. The average Bonchev–Trinajstić information content (AvgIpc) is 3.31. The highest BCUT2D eigenvalue weighted by Gasteiger charge is 2.60. The molecule has 0 bridgehead atoms. The lowest BCUT2D eigenvalue weighted by atomic mass is 9.80. The van der Waals surface area contributed by atoms with Crippen LogP contribution in [0.4, 0.5) is 4.79 Å². The lowest BCUT2D eigenvalue weighted by Crippen LogP contribution is -2.55. The van der Waals surface area contributed by atoms with Gasteiger partial charge in [-0.1, -0.05) is 94.0 Å². The molecule has 1 saturated heterocycles. The number of fused-ring (bicyclic) bond motifs is 1. The van der Waals surface area contributed by atoms with Gasteiger partial charge in [0.05, 0.1) is 11.8 Å². The van der Waals surface area contributed by atoms with Gasteiger partial charge in [-0.2, -0.15) is 0 Å². The molecule has 0 aromatic rings. The van der Waals surface area contributed by atoms with Crippen LogP contribution in [0.5, 0.6) is 0 Å². The zero-order chi connectivity index (χ0) is 31.3. The lowest BCUT2D eigenvalue weighted by molar-refractivity contribution is -0.133. The number of rotatable bonds is 16. The zero-order valence-electron chi connectivity index (χ0n) is 27.5. The molecule has 0 spiro atoms. The van der Waals surface area contributed by atoms with Gasteiger partial charge in [0.15, 0.2) is 0 Å². The normalized spacial score (nSPS) is 24.1. The van der Waals surface area contributed by atoms with Crippen LogP contribution in [-0.4, -0.2) is 52.7 Å². The standard InChI is InChI=1S/C34H60N4O3/c1-13-16-26(21(4)14-2)35-24(7)31-30-23(6)25(30)20-38(31)29(40)19-28(34(11,12)15-3)37-32(41)36-27(33(8,9)10)18-17-22(5)39/h23,25-28,30-31,35,39H,4-5,7,13-20H2,1-3,6,8-12H3,(H2,36,37,41)/t23?,25-,26?,27?,28?,30+,31?/m1/s1. The highest BCUT2D eigenvalue weighted by atomic mass is 16.3. The van der Waals surface area contributed by atoms with E-state index >= 15 is 0 Å². The number of amides is 3. The molecule has 1 heterocycles. The molecule has 1 saturated carbocycles. The Hall–Kier alpha value is -2.44. The molecule has 234 valence electrons. The van der Waals surface area contributed by atoms with Gasteiger partial charge in [0.25, 0.3) is 0 Å². The maximum Gasteiger partial charge on any atom is 0.315 e. The minimum absolute atomic E-state index is 0.0393. The van der Waals surface area contributed by atoms with E-state index in [0.717, 1.165) is 37.9 Å². The van der Waals surface area contributed by atoms with Crippen LogP contribution in [0, 0.1) is 28.6 Å². The number of allylic oxidation sites excluding steroid dienone is 1. The fourth-order valence-corrected chi connectivity index (χ4v) is 6.29. The molecule has 0 aromatic heterocycles. The number of urea groups is 1. The monoisotopic (exact) mass is 572 g/mol. The minimum atomic E-state index is -0.336. The lowest BCUT2D eigenvalue weighted by Gasteiger charge is -2.38. The second-order valence-electron chi connectivity index (χ2n) is 14.4. The first-order valence-electron chi connectivity index (χ1n) is 15.8. The summed E-state index contributed by atoms with van der Waals surface area (Å²) in [6.45, 7) is 32.2. The van der Waals surface area contributed by atoms with Gasteiger partial charge in [-0.15, -0.1) is 0 Å². The number of carbonyl (C=O) groups is 2. The van der Waals surface area contributed by atoms with Crippen molar-refractivity contribution in [1.29, 1.82) is 0 Å². The molecule has 0 aromatic carbocycles. The Balaban J connectivity index is 2.19. The molecule has 2 aliphatic rings. The Morgan fingerprint density at radius 1 is 0.976 bits per heavy atom. The van der Waals surface area contributed by atoms with Crippen molar-refractivity contribution < 1.29 is 14.7 Å². The number of aliphatic hydroxyl groups is 1. The Bertz CT molecular complexity index is 966. The van der Waals surface area contributed by atoms with Gasteiger partial charge < -0.3 is 26.0 Å². The fourth-order valence-electron chi connectivity index (χ4n) is 6.29. The van der Waals surface area contributed by atoms with E-state index in [2.05, 4.69) is 98.0 Å². The molecule has 0 radical (unpaired) electrons. The highest BCUT2D eigenvalue weighted by Crippen LogP contribution is 2.56. The van der Waals surface area contributed by atoms with Crippen LogP contribution in [0.1, 0.15) is 107 Å². The van der Waals surface area contributed by atoms with Crippen molar-refractivity contribution in [2.24, 2.45) is 28.6 Å². The second-order valence-corrected chi connectivity index (χ2v) is 14.4. The number of piperidine rings is 1. The summed E-state index contributed by atoms with van der Waals surface area (Å²) in [5.41, 5.74) is 1.60. The fraction of sp³-hybridized carbons (Fsp3) is 0.765. The first-order valence-corrected chi connectivity index (χ1v) is 15.8. The first kappa shape index (κ1) is 34.8. The zero-order valence-corrected chi connectivity index (χ0v) is 27.5. The summed E-state index contributed by atoms with van der Waals surface area (Å²) in [7, 11) is 0. The quantitative estimate of drug-likeness (QED) is 0.117.